The summed E-state index contributed by atoms with van der Waals surface area (Å²) in [6, 6.07) is 16.0. The molecular weight excluding hydrogens is 314 g/mol. The Balaban J connectivity index is 1.97. The van der Waals surface area contributed by atoms with Crippen LogP contribution in [0.5, 0.6) is 0 Å². The molecule has 0 fully saturated rings. The maximum atomic E-state index is 5.85. The molecule has 0 aliphatic carbocycles. The van der Waals surface area contributed by atoms with E-state index < -0.39 is 0 Å². The van der Waals surface area contributed by atoms with Crippen molar-refractivity contribution >= 4 is 21.6 Å². The molecule has 2 aromatic carbocycles. The number of aromatic nitrogens is 2. The molecule has 2 N–H and O–H groups in total. The topological polar surface area (TPSA) is 43.8 Å². The van der Waals surface area contributed by atoms with Gasteiger partial charge in [0.2, 0.25) is 0 Å². The van der Waals surface area contributed by atoms with E-state index in [4.69, 9.17) is 5.73 Å². The molecule has 0 saturated heterocycles. The zero-order chi connectivity index (χ0) is 13.9. The second kappa shape index (κ2) is 5.51. The van der Waals surface area contributed by atoms with Gasteiger partial charge >= 0.3 is 0 Å². The molecule has 0 spiro atoms. The fraction of sp³-hybridized carbons (Fsp3) is 0.0625. The predicted octanol–water partition coefficient (Wildman–Crippen LogP) is 3.94. The van der Waals surface area contributed by atoms with Crippen LogP contribution in [0.25, 0.3) is 11.4 Å². The van der Waals surface area contributed by atoms with E-state index in [1.807, 2.05) is 54.9 Å². The van der Waals surface area contributed by atoms with Gasteiger partial charge in [0.15, 0.2) is 0 Å². The van der Waals surface area contributed by atoms with Crippen molar-refractivity contribution in [3.05, 3.63) is 71.0 Å². The summed E-state index contributed by atoms with van der Waals surface area (Å²) in [5, 5.41) is 0. The maximum Gasteiger partial charge on any atom is 0.140 e. The highest BCUT2D eigenvalue weighted by Crippen LogP contribution is 2.23. The first kappa shape index (κ1) is 12.9. The Morgan fingerprint density at radius 1 is 1.10 bits per heavy atom. The average Bonchev–Trinajstić information content (AvgIpc) is 2.90. The van der Waals surface area contributed by atoms with Crippen LogP contribution in [0.2, 0.25) is 0 Å². The summed E-state index contributed by atoms with van der Waals surface area (Å²) >= 11 is 3.58. The highest BCUT2D eigenvalue weighted by Gasteiger charge is 2.08. The number of hydrogen-bond acceptors (Lipinski definition) is 2. The first-order valence-corrected chi connectivity index (χ1v) is 7.14. The van der Waals surface area contributed by atoms with Crippen LogP contribution in [0.1, 0.15) is 5.56 Å². The van der Waals surface area contributed by atoms with Crippen molar-refractivity contribution in [2.24, 2.45) is 0 Å². The fourth-order valence-corrected chi connectivity index (χ4v) is 2.60. The van der Waals surface area contributed by atoms with Crippen molar-refractivity contribution in [1.29, 1.82) is 0 Å². The Bertz CT molecular complexity index is 734. The number of nitrogens with zero attached hydrogens (tertiary/aromatic N) is 2. The second-order valence-electron chi connectivity index (χ2n) is 4.60. The molecule has 0 amide bonds. The Morgan fingerprint density at radius 3 is 2.75 bits per heavy atom. The van der Waals surface area contributed by atoms with E-state index in [9.17, 15) is 0 Å². The maximum absolute atomic E-state index is 5.85. The molecule has 3 nitrogen and oxygen atoms in total. The summed E-state index contributed by atoms with van der Waals surface area (Å²) in [5.74, 6) is 0.924. The molecule has 0 radical (unpaired) electrons. The zero-order valence-corrected chi connectivity index (χ0v) is 12.4. The van der Waals surface area contributed by atoms with Gasteiger partial charge in [0.25, 0.3) is 0 Å². The van der Waals surface area contributed by atoms with Crippen LogP contribution in [0.4, 0.5) is 5.69 Å². The smallest absolute Gasteiger partial charge is 0.140 e. The molecule has 0 aliphatic rings. The molecule has 0 saturated carbocycles. The van der Waals surface area contributed by atoms with E-state index in [-0.39, 0.29) is 0 Å². The van der Waals surface area contributed by atoms with Crippen molar-refractivity contribution in [2.45, 2.75) is 6.54 Å². The SMILES string of the molecule is Nc1cccc(-c2nccn2Cc2ccccc2Br)c1. The van der Waals surface area contributed by atoms with Crippen LogP contribution in [0, 0.1) is 0 Å². The van der Waals surface area contributed by atoms with E-state index in [1.54, 1.807) is 0 Å². The summed E-state index contributed by atoms with van der Waals surface area (Å²) in [5.41, 5.74) is 8.84. The van der Waals surface area contributed by atoms with Crippen molar-refractivity contribution in [1.82, 2.24) is 9.55 Å². The van der Waals surface area contributed by atoms with Crippen molar-refractivity contribution in [2.75, 3.05) is 5.73 Å². The summed E-state index contributed by atoms with van der Waals surface area (Å²) in [6.45, 7) is 0.769. The number of benzene rings is 2. The molecule has 20 heavy (non-hydrogen) atoms. The predicted molar refractivity (Wildman–Crippen MR) is 85.3 cm³/mol. The molecule has 1 aromatic heterocycles. The lowest BCUT2D eigenvalue weighted by Crippen LogP contribution is -2.02. The minimum Gasteiger partial charge on any atom is -0.399 e. The summed E-state index contributed by atoms with van der Waals surface area (Å²) < 4.78 is 3.22. The normalized spacial score (nSPS) is 10.7. The number of nitrogen functional groups attached to an aromatic ring is 1. The molecule has 0 atom stereocenters. The van der Waals surface area contributed by atoms with E-state index in [2.05, 4.69) is 31.5 Å². The van der Waals surface area contributed by atoms with Gasteiger partial charge in [0.1, 0.15) is 5.82 Å². The number of imidazole rings is 1. The number of rotatable bonds is 3. The van der Waals surface area contributed by atoms with Crippen LogP contribution in [-0.2, 0) is 6.54 Å². The molecule has 0 aliphatic heterocycles. The lowest BCUT2D eigenvalue weighted by Gasteiger charge is -2.10. The first-order valence-electron chi connectivity index (χ1n) is 6.34. The van der Waals surface area contributed by atoms with Crippen LogP contribution in [0.3, 0.4) is 0 Å². The number of halogens is 1. The molecule has 4 heteroatoms. The molecule has 1 heterocycles. The van der Waals surface area contributed by atoms with Crippen molar-refractivity contribution in [3.63, 3.8) is 0 Å². The zero-order valence-electron chi connectivity index (χ0n) is 10.8. The molecule has 3 aromatic rings. The third-order valence-corrected chi connectivity index (χ3v) is 3.93. The van der Waals surface area contributed by atoms with E-state index in [0.29, 0.717) is 0 Å². The lowest BCUT2D eigenvalue weighted by molar-refractivity contribution is 0.804. The quantitative estimate of drug-likeness (QED) is 0.740. The third-order valence-electron chi connectivity index (χ3n) is 3.16. The van der Waals surface area contributed by atoms with E-state index in [0.717, 1.165) is 28.1 Å². The second-order valence-corrected chi connectivity index (χ2v) is 5.45. The Labute approximate surface area is 126 Å². The van der Waals surface area contributed by atoms with Gasteiger partial charge in [0.05, 0.1) is 6.54 Å². The standard InChI is InChI=1S/C16H14BrN3/c17-15-7-2-1-4-13(15)11-20-9-8-19-16(20)12-5-3-6-14(18)10-12/h1-10H,11,18H2. The summed E-state index contributed by atoms with van der Waals surface area (Å²) in [4.78, 5) is 4.45. The van der Waals surface area contributed by atoms with Gasteiger partial charge < -0.3 is 10.3 Å². The van der Waals surface area contributed by atoms with Gasteiger partial charge in [-0.15, -0.1) is 0 Å². The number of anilines is 1. The summed E-state index contributed by atoms with van der Waals surface area (Å²) in [7, 11) is 0. The van der Waals surface area contributed by atoms with Crippen molar-refractivity contribution in [3.8, 4) is 11.4 Å². The van der Waals surface area contributed by atoms with Crippen LogP contribution < -0.4 is 5.73 Å². The monoisotopic (exact) mass is 327 g/mol. The highest BCUT2D eigenvalue weighted by molar-refractivity contribution is 9.10. The van der Waals surface area contributed by atoms with Crippen molar-refractivity contribution < 1.29 is 0 Å². The number of hydrogen-bond donors (Lipinski definition) is 1. The van der Waals surface area contributed by atoms with Gasteiger partial charge in [-0.05, 0) is 23.8 Å². The van der Waals surface area contributed by atoms with Gasteiger partial charge in [-0.2, -0.15) is 0 Å². The Morgan fingerprint density at radius 2 is 1.95 bits per heavy atom. The summed E-state index contributed by atoms with van der Waals surface area (Å²) in [6.07, 6.45) is 3.80. The minimum atomic E-state index is 0.748. The lowest BCUT2D eigenvalue weighted by atomic mass is 10.2. The molecule has 0 unspecified atom stereocenters. The minimum absolute atomic E-state index is 0.748. The van der Waals surface area contributed by atoms with Gasteiger partial charge in [-0.25, -0.2) is 4.98 Å². The largest absolute Gasteiger partial charge is 0.399 e. The van der Waals surface area contributed by atoms with E-state index >= 15 is 0 Å². The molecular formula is C16H14BrN3. The van der Waals surface area contributed by atoms with Crippen LogP contribution in [-0.4, -0.2) is 9.55 Å². The molecule has 0 bridgehead atoms. The van der Waals surface area contributed by atoms with Gasteiger partial charge in [0, 0.05) is 28.1 Å². The van der Waals surface area contributed by atoms with Gasteiger partial charge in [-0.3, -0.25) is 0 Å². The fourth-order valence-electron chi connectivity index (χ4n) is 2.19. The molecule has 100 valence electrons. The third kappa shape index (κ3) is 2.60. The van der Waals surface area contributed by atoms with E-state index in [1.165, 1.54) is 5.56 Å². The average molecular weight is 328 g/mol. The number of nitrogens with two attached hydrogens (primary N) is 1. The molecule has 3 rings (SSSR count). The Hall–Kier alpha value is -2.07. The van der Waals surface area contributed by atoms with Gasteiger partial charge in [-0.1, -0.05) is 46.3 Å². The first-order chi connectivity index (χ1) is 9.74. The van der Waals surface area contributed by atoms with Crippen LogP contribution in [0.15, 0.2) is 65.4 Å². The highest BCUT2D eigenvalue weighted by atomic mass is 79.9. The van der Waals surface area contributed by atoms with Crippen LogP contribution >= 0.6 is 15.9 Å². The Kier molecular flexibility index (Phi) is 3.56.